The van der Waals surface area contributed by atoms with Crippen LogP contribution in [-0.2, 0) is 0 Å². The van der Waals surface area contributed by atoms with Crippen LogP contribution in [0.2, 0.25) is 0 Å². The Kier molecular flexibility index (Phi) is 3.23. The maximum absolute atomic E-state index is 9.56. The molecule has 0 saturated carbocycles. The maximum atomic E-state index is 9.56. The van der Waals surface area contributed by atoms with Crippen LogP contribution in [0.3, 0.4) is 0 Å². The van der Waals surface area contributed by atoms with Gasteiger partial charge in [-0.2, -0.15) is 0 Å². The molecule has 2 N–H and O–H groups in total. The molecule has 1 aromatic carbocycles. The van der Waals surface area contributed by atoms with Crippen LogP contribution in [-0.4, -0.2) is 16.3 Å². The van der Waals surface area contributed by atoms with E-state index in [0.717, 1.165) is 5.56 Å². The summed E-state index contributed by atoms with van der Waals surface area (Å²) >= 11 is 0. The van der Waals surface area contributed by atoms with Gasteiger partial charge < -0.3 is 10.2 Å². The average Bonchev–Trinajstić information content (AvgIpc) is 2.17. The fraction of sp³-hybridized carbons (Fsp3) is 0.273. The van der Waals surface area contributed by atoms with Crippen molar-refractivity contribution in [1.29, 1.82) is 0 Å². The van der Waals surface area contributed by atoms with E-state index in [1.807, 2.05) is 19.1 Å². The molecule has 1 rings (SSSR count). The van der Waals surface area contributed by atoms with E-state index in [4.69, 9.17) is 0 Å². The van der Waals surface area contributed by atoms with Gasteiger partial charge in [-0.1, -0.05) is 35.9 Å². The molecule has 0 bridgehead atoms. The third-order valence-electron chi connectivity index (χ3n) is 1.98. The molecule has 70 valence electrons. The summed E-state index contributed by atoms with van der Waals surface area (Å²) in [5.74, 6) is 0. The highest BCUT2D eigenvalue weighted by atomic mass is 16.3. The number of hydrogen-bond donors (Lipinski definition) is 2. The largest absolute Gasteiger partial charge is 0.386 e. The van der Waals surface area contributed by atoms with Gasteiger partial charge in [0, 0.05) is 0 Å². The van der Waals surface area contributed by atoms with Crippen molar-refractivity contribution in [3.8, 4) is 0 Å². The first kappa shape index (κ1) is 9.96. The summed E-state index contributed by atoms with van der Waals surface area (Å²) in [5, 5.41) is 18.8. The molecule has 13 heavy (non-hydrogen) atoms. The lowest BCUT2D eigenvalue weighted by Gasteiger charge is -2.14. The lowest BCUT2D eigenvalue weighted by molar-refractivity contribution is 0.0485. The Bertz CT molecular complexity index is 277. The van der Waals surface area contributed by atoms with Crippen molar-refractivity contribution >= 4 is 0 Å². The van der Waals surface area contributed by atoms with Crippen LogP contribution in [0, 0.1) is 6.92 Å². The average molecular weight is 178 g/mol. The first-order valence-electron chi connectivity index (χ1n) is 4.20. The van der Waals surface area contributed by atoms with Crippen molar-refractivity contribution in [2.45, 2.75) is 19.1 Å². The van der Waals surface area contributed by atoms with Crippen molar-refractivity contribution in [3.05, 3.63) is 48.0 Å². The van der Waals surface area contributed by atoms with Crippen molar-refractivity contribution in [2.24, 2.45) is 0 Å². The zero-order valence-corrected chi connectivity index (χ0v) is 7.64. The van der Waals surface area contributed by atoms with Gasteiger partial charge in [0.25, 0.3) is 0 Å². The maximum Gasteiger partial charge on any atom is 0.108 e. The normalized spacial score (nSPS) is 15.0. The highest BCUT2D eigenvalue weighted by Crippen LogP contribution is 2.17. The molecule has 0 unspecified atom stereocenters. The van der Waals surface area contributed by atoms with E-state index >= 15 is 0 Å². The third kappa shape index (κ3) is 2.41. The van der Waals surface area contributed by atoms with Gasteiger partial charge in [-0.05, 0) is 12.5 Å². The zero-order chi connectivity index (χ0) is 9.84. The van der Waals surface area contributed by atoms with Gasteiger partial charge in [0.05, 0.1) is 0 Å². The molecule has 0 spiro atoms. The fourth-order valence-corrected chi connectivity index (χ4v) is 1.09. The first-order valence-corrected chi connectivity index (χ1v) is 4.20. The molecule has 0 aromatic heterocycles. The number of rotatable bonds is 3. The monoisotopic (exact) mass is 178 g/mol. The zero-order valence-electron chi connectivity index (χ0n) is 7.64. The number of benzene rings is 1. The molecule has 0 aliphatic rings. The van der Waals surface area contributed by atoms with Gasteiger partial charge in [-0.15, -0.1) is 6.58 Å². The highest BCUT2D eigenvalue weighted by Gasteiger charge is 2.14. The number of hydrogen-bond acceptors (Lipinski definition) is 2. The van der Waals surface area contributed by atoms with Crippen molar-refractivity contribution in [3.63, 3.8) is 0 Å². The van der Waals surface area contributed by atoms with Crippen LogP contribution in [0.25, 0.3) is 0 Å². The van der Waals surface area contributed by atoms with Crippen LogP contribution in [0.4, 0.5) is 0 Å². The van der Waals surface area contributed by atoms with Crippen LogP contribution in [0.15, 0.2) is 36.9 Å². The van der Waals surface area contributed by atoms with Gasteiger partial charge in [-0.25, -0.2) is 0 Å². The van der Waals surface area contributed by atoms with E-state index in [9.17, 15) is 10.2 Å². The fourth-order valence-electron chi connectivity index (χ4n) is 1.09. The molecule has 0 amide bonds. The molecule has 1 aromatic rings. The number of aliphatic hydroxyl groups excluding tert-OH is 2. The summed E-state index contributed by atoms with van der Waals surface area (Å²) in [6.45, 7) is 5.39. The van der Waals surface area contributed by atoms with E-state index in [2.05, 4.69) is 6.58 Å². The van der Waals surface area contributed by atoms with Crippen LogP contribution >= 0.6 is 0 Å². The standard InChI is InChI=1S/C11H14O2/c1-3-10(12)11(13)9-6-4-8(2)5-7-9/h3-7,10-13H,1H2,2H3/t10-,11-/m0/s1. The molecule has 0 aliphatic carbocycles. The number of aryl methyl sites for hydroxylation is 1. The van der Waals surface area contributed by atoms with Crippen molar-refractivity contribution in [2.75, 3.05) is 0 Å². The van der Waals surface area contributed by atoms with E-state index in [1.165, 1.54) is 6.08 Å². The molecule has 2 atom stereocenters. The quantitative estimate of drug-likeness (QED) is 0.690. The Labute approximate surface area is 78.2 Å². The lowest BCUT2D eigenvalue weighted by atomic mass is 10.0. The van der Waals surface area contributed by atoms with E-state index in [0.29, 0.717) is 5.56 Å². The summed E-state index contributed by atoms with van der Waals surface area (Å²) in [4.78, 5) is 0. The van der Waals surface area contributed by atoms with Gasteiger partial charge in [-0.3, -0.25) is 0 Å². The van der Waals surface area contributed by atoms with E-state index in [-0.39, 0.29) is 0 Å². The molecular weight excluding hydrogens is 164 g/mol. The van der Waals surface area contributed by atoms with Gasteiger partial charge in [0.2, 0.25) is 0 Å². The minimum atomic E-state index is -0.900. The molecule has 0 heterocycles. The minimum Gasteiger partial charge on any atom is -0.386 e. The lowest BCUT2D eigenvalue weighted by Crippen LogP contribution is -2.14. The topological polar surface area (TPSA) is 40.5 Å². The smallest absolute Gasteiger partial charge is 0.108 e. The predicted molar refractivity (Wildman–Crippen MR) is 52.3 cm³/mol. The molecule has 2 nitrogen and oxygen atoms in total. The van der Waals surface area contributed by atoms with Gasteiger partial charge in [0.1, 0.15) is 12.2 Å². The van der Waals surface area contributed by atoms with Crippen molar-refractivity contribution < 1.29 is 10.2 Å². The minimum absolute atomic E-state index is 0.706. The first-order chi connectivity index (χ1) is 6.15. The molecular formula is C11H14O2. The third-order valence-corrected chi connectivity index (χ3v) is 1.98. The number of aliphatic hydroxyl groups is 2. The van der Waals surface area contributed by atoms with Crippen LogP contribution in [0.1, 0.15) is 17.2 Å². The molecule has 0 aliphatic heterocycles. The molecule has 0 saturated heterocycles. The Hall–Kier alpha value is -1.12. The van der Waals surface area contributed by atoms with Crippen LogP contribution in [0.5, 0.6) is 0 Å². The SMILES string of the molecule is C=C[C@H](O)[C@@H](O)c1ccc(C)cc1. The van der Waals surface area contributed by atoms with E-state index in [1.54, 1.807) is 12.1 Å². The molecule has 2 heteroatoms. The van der Waals surface area contributed by atoms with Crippen LogP contribution < -0.4 is 0 Å². The Balaban J connectivity index is 2.82. The van der Waals surface area contributed by atoms with Crippen molar-refractivity contribution in [1.82, 2.24) is 0 Å². The Morgan fingerprint density at radius 2 is 1.77 bits per heavy atom. The summed E-state index contributed by atoms with van der Waals surface area (Å²) < 4.78 is 0. The molecule has 0 radical (unpaired) electrons. The highest BCUT2D eigenvalue weighted by molar-refractivity contribution is 5.24. The Morgan fingerprint density at radius 3 is 2.23 bits per heavy atom. The summed E-state index contributed by atoms with van der Waals surface area (Å²) in [7, 11) is 0. The predicted octanol–water partition coefficient (Wildman–Crippen LogP) is 1.58. The van der Waals surface area contributed by atoms with Gasteiger partial charge in [0.15, 0.2) is 0 Å². The summed E-state index contributed by atoms with van der Waals surface area (Å²) in [6.07, 6.45) is -0.453. The summed E-state index contributed by atoms with van der Waals surface area (Å²) in [6, 6.07) is 7.39. The Morgan fingerprint density at radius 1 is 1.23 bits per heavy atom. The second-order valence-corrected chi connectivity index (χ2v) is 3.08. The summed E-state index contributed by atoms with van der Waals surface area (Å²) in [5.41, 5.74) is 1.84. The second-order valence-electron chi connectivity index (χ2n) is 3.08. The van der Waals surface area contributed by atoms with Gasteiger partial charge >= 0.3 is 0 Å². The second kappa shape index (κ2) is 4.21. The van der Waals surface area contributed by atoms with E-state index < -0.39 is 12.2 Å². The molecule has 0 fully saturated rings.